The summed E-state index contributed by atoms with van der Waals surface area (Å²) in [4.78, 5) is 37.1. The normalized spacial score (nSPS) is 10.6. The van der Waals surface area contributed by atoms with Crippen LogP contribution >= 0.6 is 23.2 Å². The Morgan fingerprint density at radius 2 is 1.66 bits per heavy atom. The predicted octanol–water partition coefficient (Wildman–Crippen LogP) is 5.83. The highest BCUT2D eigenvalue weighted by Crippen LogP contribution is 2.44. The smallest absolute Gasteiger partial charge is 0.327 e. The third-order valence-corrected chi connectivity index (χ3v) is 6.72. The van der Waals surface area contributed by atoms with Crippen LogP contribution in [0.5, 0.6) is 11.5 Å². The molecule has 3 aromatic rings. The summed E-state index contributed by atoms with van der Waals surface area (Å²) in [6.07, 6.45) is 4.33. The van der Waals surface area contributed by atoms with E-state index < -0.39 is 6.03 Å². The van der Waals surface area contributed by atoms with Gasteiger partial charge in [0.05, 0.1) is 31.3 Å². The molecule has 11 nitrogen and oxygen atoms in total. The van der Waals surface area contributed by atoms with E-state index in [1.54, 1.807) is 6.07 Å². The Bertz CT molecular complexity index is 1390. The second-order valence-corrected chi connectivity index (χ2v) is 9.90. The molecule has 0 saturated carbocycles. The van der Waals surface area contributed by atoms with E-state index in [1.165, 1.54) is 44.6 Å². The standard InChI is InChI=1S/C28H33Cl2N7O4/c1-7-24(38)34-19-13-17(9-8-12-36(2)3)10-11-18(19)33-22-15-23(32-16-31-22)37(4)28(39)35-27-25(29)20(40-5)14-21(41-6)26(27)30/h7,10-11,13-16H,1,8-9,12H2,2-6H3,(H,34,38)(H,35,39)(H,31,32,33). The van der Waals surface area contributed by atoms with E-state index in [9.17, 15) is 9.59 Å². The van der Waals surface area contributed by atoms with Gasteiger partial charge in [0.2, 0.25) is 5.91 Å². The van der Waals surface area contributed by atoms with E-state index in [-0.39, 0.29) is 39.0 Å². The molecule has 1 heterocycles. The van der Waals surface area contributed by atoms with E-state index in [0.717, 1.165) is 24.9 Å². The van der Waals surface area contributed by atoms with E-state index >= 15 is 0 Å². The second-order valence-electron chi connectivity index (χ2n) is 9.14. The third kappa shape index (κ3) is 8.23. The molecule has 0 spiro atoms. The number of rotatable bonds is 12. The summed E-state index contributed by atoms with van der Waals surface area (Å²) in [7, 11) is 8.46. The summed E-state index contributed by atoms with van der Waals surface area (Å²) < 4.78 is 10.5. The first kappa shape index (κ1) is 31.5. The molecule has 3 rings (SSSR count). The number of ether oxygens (including phenoxy) is 2. The molecule has 3 N–H and O–H groups in total. The van der Waals surface area contributed by atoms with Crippen molar-refractivity contribution in [3.05, 3.63) is 64.9 Å². The molecule has 41 heavy (non-hydrogen) atoms. The molecule has 0 unspecified atom stereocenters. The number of carbonyl (C=O) groups excluding carboxylic acids is 2. The maximum atomic E-state index is 13.1. The van der Waals surface area contributed by atoms with Crippen LogP contribution < -0.4 is 30.3 Å². The number of aryl methyl sites for hydroxylation is 1. The molecular weight excluding hydrogens is 569 g/mol. The number of carbonyl (C=O) groups is 2. The minimum Gasteiger partial charge on any atom is -0.495 e. The minimum atomic E-state index is -0.574. The average molecular weight is 603 g/mol. The van der Waals surface area contributed by atoms with Crippen LogP contribution in [0, 0.1) is 0 Å². The van der Waals surface area contributed by atoms with Crippen molar-refractivity contribution in [1.82, 2.24) is 14.9 Å². The average Bonchev–Trinajstić information content (AvgIpc) is 2.96. The Morgan fingerprint density at radius 1 is 0.976 bits per heavy atom. The summed E-state index contributed by atoms with van der Waals surface area (Å²) in [6.45, 7) is 4.48. The molecule has 13 heteroatoms. The van der Waals surface area contributed by atoms with E-state index in [2.05, 4.69) is 37.4 Å². The van der Waals surface area contributed by atoms with Crippen molar-refractivity contribution < 1.29 is 19.1 Å². The monoisotopic (exact) mass is 601 g/mol. The molecule has 0 bridgehead atoms. The molecule has 0 aliphatic heterocycles. The number of benzene rings is 2. The Kier molecular flexibility index (Phi) is 11.2. The van der Waals surface area contributed by atoms with Gasteiger partial charge in [-0.2, -0.15) is 0 Å². The zero-order valence-electron chi connectivity index (χ0n) is 23.5. The zero-order chi connectivity index (χ0) is 30.1. The fraction of sp³-hybridized carbons (Fsp3) is 0.286. The van der Waals surface area contributed by atoms with Crippen molar-refractivity contribution in [1.29, 1.82) is 0 Å². The molecule has 218 valence electrons. The maximum absolute atomic E-state index is 13.1. The first-order chi connectivity index (χ1) is 19.6. The lowest BCUT2D eigenvalue weighted by Gasteiger charge is -2.20. The first-order valence-electron chi connectivity index (χ1n) is 12.5. The van der Waals surface area contributed by atoms with Gasteiger partial charge in [0.1, 0.15) is 39.5 Å². The van der Waals surface area contributed by atoms with Crippen LogP contribution in [-0.4, -0.2) is 68.7 Å². The first-order valence-corrected chi connectivity index (χ1v) is 13.3. The minimum absolute atomic E-state index is 0.115. The number of nitrogens with one attached hydrogen (secondary N) is 3. The molecule has 0 radical (unpaired) electrons. The van der Waals surface area contributed by atoms with Gasteiger partial charge in [-0.1, -0.05) is 35.8 Å². The predicted molar refractivity (Wildman–Crippen MR) is 164 cm³/mol. The fourth-order valence-electron chi connectivity index (χ4n) is 3.77. The van der Waals surface area contributed by atoms with Crippen LogP contribution in [-0.2, 0) is 11.2 Å². The van der Waals surface area contributed by atoms with Crippen molar-refractivity contribution in [3.63, 3.8) is 0 Å². The zero-order valence-corrected chi connectivity index (χ0v) is 25.1. The van der Waals surface area contributed by atoms with Gasteiger partial charge in [0, 0.05) is 19.2 Å². The summed E-state index contributed by atoms with van der Waals surface area (Å²) in [5.74, 6) is 0.886. The van der Waals surface area contributed by atoms with Crippen LogP contribution in [0.3, 0.4) is 0 Å². The van der Waals surface area contributed by atoms with E-state index in [1.807, 2.05) is 32.3 Å². The highest BCUT2D eigenvalue weighted by atomic mass is 35.5. The molecule has 1 aromatic heterocycles. The van der Waals surface area contributed by atoms with Crippen LogP contribution in [0.4, 0.5) is 33.5 Å². The highest BCUT2D eigenvalue weighted by molar-refractivity contribution is 6.41. The SMILES string of the molecule is C=CC(=O)Nc1cc(CCCN(C)C)ccc1Nc1cc(N(C)C(=O)Nc2c(Cl)c(OC)cc(OC)c2Cl)ncn1. The van der Waals surface area contributed by atoms with Gasteiger partial charge in [-0.3, -0.25) is 9.69 Å². The fourth-order valence-corrected chi connectivity index (χ4v) is 4.36. The lowest BCUT2D eigenvalue weighted by molar-refractivity contribution is -0.111. The second kappa shape index (κ2) is 14.5. The van der Waals surface area contributed by atoms with Crippen LogP contribution in [0.15, 0.2) is 49.3 Å². The molecule has 3 amide bonds. The Labute approximate surface area is 249 Å². The lowest BCUT2D eigenvalue weighted by Crippen LogP contribution is -2.32. The maximum Gasteiger partial charge on any atom is 0.327 e. The summed E-state index contributed by atoms with van der Waals surface area (Å²) in [5.41, 5.74) is 2.38. The number of nitrogens with zero attached hydrogens (tertiary/aromatic N) is 4. The third-order valence-electron chi connectivity index (χ3n) is 5.97. The van der Waals surface area contributed by atoms with E-state index in [0.29, 0.717) is 17.2 Å². The molecule has 0 atom stereocenters. The summed E-state index contributed by atoms with van der Waals surface area (Å²) >= 11 is 12.8. The number of methoxy groups -OCH3 is 2. The van der Waals surface area contributed by atoms with Crippen molar-refractivity contribution in [2.24, 2.45) is 0 Å². The van der Waals surface area contributed by atoms with Crippen LogP contribution in [0.1, 0.15) is 12.0 Å². The number of halogens is 2. The molecule has 0 aliphatic carbocycles. The topological polar surface area (TPSA) is 121 Å². The van der Waals surface area contributed by atoms with Gasteiger partial charge in [-0.05, 0) is 57.3 Å². The van der Waals surface area contributed by atoms with Gasteiger partial charge in [0.15, 0.2) is 0 Å². The quantitative estimate of drug-likeness (QED) is 0.222. The highest BCUT2D eigenvalue weighted by Gasteiger charge is 2.22. The summed E-state index contributed by atoms with van der Waals surface area (Å²) in [5, 5.41) is 8.95. The Morgan fingerprint density at radius 3 is 2.27 bits per heavy atom. The molecule has 0 saturated heterocycles. The number of hydrogen-bond donors (Lipinski definition) is 3. The molecule has 2 aromatic carbocycles. The van der Waals surface area contributed by atoms with Gasteiger partial charge >= 0.3 is 6.03 Å². The van der Waals surface area contributed by atoms with Gasteiger partial charge < -0.3 is 30.3 Å². The van der Waals surface area contributed by atoms with Crippen LogP contribution in [0.25, 0.3) is 0 Å². The Balaban J connectivity index is 1.83. The molecular formula is C28H33Cl2N7O4. The number of amides is 3. The van der Waals surface area contributed by atoms with Crippen molar-refractivity contribution in [3.8, 4) is 11.5 Å². The largest absolute Gasteiger partial charge is 0.495 e. The number of urea groups is 1. The molecule has 0 aliphatic rings. The van der Waals surface area contributed by atoms with Gasteiger partial charge in [0.25, 0.3) is 0 Å². The summed E-state index contributed by atoms with van der Waals surface area (Å²) in [6, 6.07) is 8.29. The van der Waals surface area contributed by atoms with Gasteiger partial charge in [-0.25, -0.2) is 14.8 Å². The molecule has 0 fully saturated rings. The van der Waals surface area contributed by atoms with Crippen molar-refractivity contribution >= 4 is 63.8 Å². The van der Waals surface area contributed by atoms with Crippen molar-refractivity contribution in [2.75, 3.05) is 62.8 Å². The number of anilines is 5. The van der Waals surface area contributed by atoms with Crippen LogP contribution in [0.2, 0.25) is 10.0 Å². The van der Waals surface area contributed by atoms with E-state index in [4.69, 9.17) is 32.7 Å². The van der Waals surface area contributed by atoms with Gasteiger partial charge in [-0.15, -0.1) is 0 Å². The van der Waals surface area contributed by atoms with Crippen molar-refractivity contribution in [2.45, 2.75) is 12.8 Å². The number of hydrogen-bond acceptors (Lipinski definition) is 8. The lowest BCUT2D eigenvalue weighted by atomic mass is 10.1. The number of aromatic nitrogens is 2. The Hall–Kier alpha value is -4.06.